The van der Waals surface area contributed by atoms with Crippen LogP contribution in [0.25, 0.3) is 20.8 Å². The maximum Gasteiger partial charge on any atom is 0.315 e. The Labute approximate surface area is 181 Å². The second kappa shape index (κ2) is 7.85. The smallest absolute Gasteiger partial charge is 0.315 e. The third kappa shape index (κ3) is 3.53. The van der Waals surface area contributed by atoms with Crippen molar-refractivity contribution in [3.8, 4) is 16.3 Å². The molecule has 0 spiro atoms. The summed E-state index contributed by atoms with van der Waals surface area (Å²) in [6.45, 7) is 3.20. The molecule has 3 aromatic carbocycles. The topological polar surface area (TPSA) is 88.6 Å². The lowest BCUT2D eigenvalue weighted by Crippen LogP contribution is -1.99. The Kier molecular flexibility index (Phi) is 5.24. The Morgan fingerprint density at radius 2 is 1.90 bits per heavy atom. The Balaban J connectivity index is 1.73. The van der Waals surface area contributed by atoms with Gasteiger partial charge in [0.15, 0.2) is 0 Å². The van der Waals surface area contributed by atoms with Crippen LogP contribution >= 0.6 is 22.9 Å². The van der Waals surface area contributed by atoms with E-state index in [-0.39, 0.29) is 16.1 Å². The van der Waals surface area contributed by atoms with Crippen molar-refractivity contribution in [1.29, 1.82) is 0 Å². The quantitative estimate of drug-likeness (QED) is 0.221. The molecule has 0 saturated carbocycles. The number of benzene rings is 3. The molecular formula is C22H16ClN3O3S. The maximum atomic E-state index is 11.3. The van der Waals surface area contributed by atoms with Gasteiger partial charge < -0.3 is 5.11 Å². The van der Waals surface area contributed by atoms with Crippen LogP contribution in [0.1, 0.15) is 16.7 Å². The molecule has 0 amide bonds. The molecule has 30 heavy (non-hydrogen) atoms. The van der Waals surface area contributed by atoms with Crippen LogP contribution in [-0.4, -0.2) is 21.2 Å². The van der Waals surface area contributed by atoms with Crippen LogP contribution in [0.5, 0.6) is 5.75 Å². The number of thiazole rings is 1. The van der Waals surface area contributed by atoms with E-state index in [0.717, 1.165) is 20.8 Å². The van der Waals surface area contributed by atoms with Crippen LogP contribution in [0, 0.1) is 24.0 Å². The number of aliphatic imine (C=N–C) groups is 1. The van der Waals surface area contributed by atoms with Crippen LogP contribution in [0.3, 0.4) is 0 Å². The fourth-order valence-electron chi connectivity index (χ4n) is 3.21. The van der Waals surface area contributed by atoms with E-state index in [9.17, 15) is 15.2 Å². The van der Waals surface area contributed by atoms with E-state index in [4.69, 9.17) is 11.6 Å². The summed E-state index contributed by atoms with van der Waals surface area (Å²) < 4.78 is 1.03. The summed E-state index contributed by atoms with van der Waals surface area (Å²) >= 11 is 7.83. The second-order valence-corrected chi connectivity index (χ2v) is 8.14. The highest BCUT2D eigenvalue weighted by atomic mass is 35.5. The van der Waals surface area contributed by atoms with Gasteiger partial charge in [0.1, 0.15) is 5.01 Å². The van der Waals surface area contributed by atoms with Crippen molar-refractivity contribution in [2.45, 2.75) is 13.8 Å². The number of nitro groups is 1. The van der Waals surface area contributed by atoms with Crippen LogP contribution in [0.2, 0.25) is 5.02 Å². The van der Waals surface area contributed by atoms with Gasteiger partial charge in [-0.1, -0.05) is 41.9 Å². The number of nitro benzene ring substituents is 1. The van der Waals surface area contributed by atoms with E-state index in [1.165, 1.54) is 13.1 Å². The van der Waals surface area contributed by atoms with E-state index in [1.54, 1.807) is 18.3 Å². The molecule has 0 fully saturated rings. The van der Waals surface area contributed by atoms with Gasteiger partial charge in [0.25, 0.3) is 0 Å². The van der Waals surface area contributed by atoms with Gasteiger partial charge in [0.2, 0.25) is 5.75 Å². The molecule has 0 unspecified atom stereocenters. The molecule has 4 aromatic rings. The minimum absolute atomic E-state index is 0.223. The largest absolute Gasteiger partial charge is 0.502 e. The summed E-state index contributed by atoms with van der Waals surface area (Å²) in [7, 11) is 0. The molecule has 0 aliphatic carbocycles. The van der Waals surface area contributed by atoms with Crippen LogP contribution < -0.4 is 0 Å². The summed E-state index contributed by atoms with van der Waals surface area (Å²) in [5.74, 6) is -0.441. The number of fused-ring (bicyclic) bond motifs is 1. The average Bonchev–Trinajstić information content (AvgIpc) is 3.16. The van der Waals surface area contributed by atoms with Gasteiger partial charge in [-0.3, -0.25) is 15.1 Å². The number of rotatable bonds is 4. The number of aromatic nitrogens is 1. The van der Waals surface area contributed by atoms with Gasteiger partial charge in [0, 0.05) is 22.9 Å². The van der Waals surface area contributed by atoms with Gasteiger partial charge in [-0.05, 0) is 37.6 Å². The van der Waals surface area contributed by atoms with Crippen molar-refractivity contribution in [2.75, 3.05) is 0 Å². The number of hydrogen-bond acceptors (Lipinski definition) is 6. The molecule has 150 valence electrons. The molecular weight excluding hydrogens is 422 g/mol. The highest BCUT2D eigenvalue weighted by Gasteiger charge is 2.25. The van der Waals surface area contributed by atoms with Crippen LogP contribution in [0.4, 0.5) is 11.4 Å². The Bertz CT molecular complexity index is 1320. The molecule has 1 N–H and O–H groups in total. The summed E-state index contributed by atoms with van der Waals surface area (Å²) in [6.07, 6.45) is 1.40. The average molecular weight is 438 g/mol. The molecule has 0 aliphatic heterocycles. The van der Waals surface area contributed by atoms with E-state index >= 15 is 0 Å². The van der Waals surface area contributed by atoms with Gasteiger partial charge in [-0.2, -0.15) is 0 Å². The first kappa shape index (κ1) is 20.0. The molecule has 4 rings (SSSR count). The van der Waals surface area contributed by atoms with E-state index < -0.39 is 16.4 Å². The summed E-state index contributed by atoms with van der Waals surface area (Å²) in [5, 5.41) is 22.9. The van der Waals surface area contributed by atoms with Gasteiger partial charge in [-0.15, -0.1) is 11.3 Å². The molecule has 1 aromatic heterocycles. The fraction of sp³-hybridized carbons (Fsp3) is 0.0909. The Hall–Kier alpha value is -3.29. The second-order valence-electron chi connectivity index (χ2n) is 6.73. The van der Waals surface area contributed by atoms with Crippen molar-refractivity contribution in [3.63, 3.8) is 0 Å². The monoisotopic (exact) mass is 437 g/mol. The lowest BCUT2D eigenvalue weighted by molar-refractivity contribution is -0.386. The zero-order valence-electron chi connectivity index (χ0n) is 16.1. The fourth-order valence-corrected chi connectivity index (χ4v) is 4.35. The minimum atomic E-state index is -0.639. The number of phenols is 1. The summed E-state index contributed by atoms with van der Waals surface area (Å²) in [5.41, 5.74) is 3.04. The van der Waals surface area contributed by atoms with Crippen molar-refractivity contribution in [2.24, 2.45) is 4.99 Å². The van der Waals surface area contributed by atoms with Gasteiger partial charge in [0.05, 0.1) is 25.8 Å². The predicted octanol–water partition coefficient (Wildman–Crippen LogP) is 6.60. The predicted molar refractivity (Wildman–Crippen MR) is 122 cm³/mol. The molecule has 1 heterocycles. The van der Waals surface area contributed by atoms with Crippen LogP contribution in [0.15, 0.2) is 53.5 Å². The van der Waals surface area contributed by atoms with Crippen LogP contribution in [-0.2, 0) is 0 Å². The number of hydrogen-bond donors (Lipinski definition) is 1. The molecule has 6 nitrogen and oxygen atoms in total. The normalized spacial score (nSPS) is 11.4. The molecule has 8 heteroatoms. The van der Waals surface area contributed by atoms with E-state index in [0.29, 0.717) is 11.3 Å². The first-order valence-corrected chi connectivity index (χ1v) is 10.2. The number of halogens is 1. The third-order valence-corrected chi connectivity index (χ3v) is 6.47. The Morgan fingerprint density at radius 1 is 1.17 bits per heavy atom. The summed E-state index contributed by atoms with van der Waals surface area (Å²) in [6, 6.07) is 15.5. The minimum Gasteiger partial charge on any atom is -0.502 e. The first-order valence-electron chi connectivity index (χ1n) is 9.03. The molecule has 0 aliphatic rings. The van der Waals surface area contributed by atoms with Crippen molar-refractivity contribution in [1.82, 2.24) is 4.98 Å². The number of phenolic OH excluding ortho intramolecular Hbond substituents is 1. The molecule has 0 radical (unpaired) electrons. The summed E-state index contributed by atoms with van der Waals surface area (Å²) in [4.78, 5) is 19.8. The Morgan fingerprint density at radius 3 is 2.60 bits per heavy atom. The SMILES string of the molecule is Cc1c(Cl)c(C)c([N+](=O)[O-])c(O)c1C=Nc1ccc2sc(-c3ccccc3)nc2c1. The standard InChI is InChI=1S/C22H16ClN3O3S/c1-12-16(21(27)20(26(28)29)13(2)19(12)23)11-24-15-8-9-18-17(10-15)25-22(30-18)14-6-4-3-5-7-14/h3-11,27H,1-2H3. The molecule has 0 bridgehead atoms. The lowest BCUT2D eigenvalue weighted by atomic mass is 10.0. The lowest BCUT2D eigenvalue weighted by Gasteiger charge is -2.10. The highest BCUT2D eigenvalue weighted by molar-refractivity contribution is 7.21. The van der Waals surface area contributed by atoms with E-state index in [2.05, 4.69) is 9.98 Å². The van der Waals surface area contributed by atoms with Gasteiger partial charge in [-0.25, -0.2) is 4.98 Å². The molecule has 0 atom stereocenters. The van der Waals surface area contributed by atoms with Crippen molar-refractivity contribution < 1.29 is 10.0 Å². The third-order valence-electron chi connectivity index (χ3n) is 4.81. The number of nitrogens with zero attached hydrogens (tertiary/aromatic N) is 3. The van der Waals surface area contributed by atoms with E-state index in [1.807, 2.05) is 48.5 Å². The zero-order chi connectivity index (χ0) is 21.4. The van der Waals surface area contributed by atoms with Crippen molar-refractivity contribution in [3.05, 3.63) is 80.4 Å². The van der Waals surface area contributed by atoms with Gasteiger partial charge >= 0.3 is 5.69 Å². The maximum absolute atomic E-state index is 11.3. The first-order chi connectivity index (χ1) is 14.4. The number of aromatic hydroxyl groups is 1. The zero-order valence-corrected chi connectivity index (χ0v) is 17.7. The molecule has 0 saturated heterocycles. The van der Waals surface area contributed by atoms with Crippen molar-refractivity contribution >= 4 is 50.7 Å². The highest BCUT2D eigenvalue weighted by Crippen LogP contribution is 2.40.